The lowest BCUT2D eigenvalue weighted by Crippen LogP contribution is -2.49. The molecule has 0 radical (unpaired) electrons. The summed E-state index contributed by atoms with van der Waals surface area (Å²) < 4.78 is 0. The molecular weight excluding hydrogens is 200 g/mol. The largest absolute Gasteiger partial charge is 0.479 e. The van der Waals surface area contributed by atoms with Gasteiger partial charge in [-0.2, -0.15) is 0 Å². The minimum atomic E-state index is -1.53. The summed E-state index contributed by atoms with van der Waals surface area (Å²) in [5.74, 6) is -1.57. The highest BCUT2D eigenvalue weighted by Crippen LogP contribution is 2.06. The number of aliphatic hydroxyl groups is 1. The van der Waals surface area contributed by atoms with Crippen LogP contribution in [0, 0.1) is 0 Å². The van der Waals surface area contributed by atoms with Gasteiger partial charge in [0.25, 0.3) is 0 Å². The minimum Gasteiger partial charge on any atom is -0.479 e. The second-order valence-electron chi connectivity index (χ2n) is 3.60. The Hall–Kier alpha value is -1.14. The normalized spacial score (nSPS) is 23.1. The SMILES string of the molecule is O=C(NC[C@H](O)C(=O)O)[C@@H]1CCCCN1. The Kier molecular flexibility index (Phi) is 4.51. The summed E-state index contributed by atoms with van der Waals surface area (Å²) in [5, 5.41) is 22.8. The van der Waals surface area contributed by atoms with E-state index in [0.717, 1.165) is 25.8 Å². The van der Waals surface area contributed by atoms with E-state index in [9.17, 15) is 9.59 Å². The highest BCUT2D eigenvalue weighted by atomic mass is 16.4. The van der Waals surface area contributed by atoms with Gasteiger partial charge >= 0.3 is 5.97 Å². The van der Waals surface area contributed by atoms with Gasteiger partial charge in [-0.15, -0.1) is 0 Å². The predicted molar refractivity (Wildman–Crippen MR) is 52.3 cm³/mol. The smallest absolute Gasteiger partial charge is 0.334 e. The van der Waals surface area contributed by atoms with Crippen LogP contribution in [0.1, 0.15) is 19.3 Å². The molecule has 6 nitrogen and oxygen atoms in total. The summed E-state index contributed by atoms with van der Waals surface area (Å²) in [5.41, 5.74) is 0. The van der Waals surface area contributed by atoms with Crippen molar-refractivity contribution in [3.8, 4) is 0 Å². The lowest BCUT2D eigenvalue weighted by atomic mass is 10.0. The molecule has 0 spiro atoms. The van der Waals surface area contributed by atoms with Gasteiger partial charge in [0, 0.05) is 0 Å². The molecule has 0 unspecified atom stereocenters. The molecule has 2 atom stereocenters. The number of carboxylic acid groups (broad SMARTS) is 1. The average Bonchev–Trinajstić information content (AvgIpc) is 2.26. The van der Waals surface area contributed by atoms with E-state index in [4.69, 9.17) is 10.2 Å². The number of amides is 1. The number of carboxylic acids is 1. The number of rotatable bonds is 4. The number of hydrogen-bond donors (Lipinski definition) is 4. The maximum absolute atomic E-state index is 11.4. The summed E-state index contributed by atoms with van der Waals surface area (Å²) >= 11 is 0. The number of carbonyl (C=O) groups is 2. The molecule has 1 rings (SSSR count). The van der Waals surface area contributed by atoms with Crippen LogP contribution in [0.15, 0.2) is 0 Å². The number of aliphatic hydroxyl groups excluding tert-OH is 1. The molecule has 1 aliphatic rings. The van der Waals surface area contributed by atoms with Crippen molar-refractivity contribution in [2.45, 2.75) is 31.4 Å². The number of piperidine rings is 1. The third-order valence-corrected chi connectivity index (χ3v) is 2.38. The molecule has 0 bridgehead atoms. The topological polar surface area (TPSA) is 98.7 Å². The Morgan fingerprint density at radius 1 is 1.47 bits per heavy atom. The Morgan fingerprint density at radius 3 is 2.73 bits per heavy atom. The fraction of sp³-hybridized carbons (Fsp3) is 0.778. The van der Waals surface area contributed by atoms with E-state index in [0.29, 0.717) is 0 Å². The molecule has 1 fully saturated rings. The number of nitrogens with one attached hydrogen (secondary N) is 2. The molecule has 6 heteroatoms. The summed E-state index contributed by atoms with van der Waals surface area (Å²) in [6.45, 7) is 0.561. The molecule has 0 saturated carbocycles. The Morgan fingerprint density at radius 2 is 2.20 bits per heavy atom. The molecule has 0 aromatic carbocycles. The summed E-state index contributed by atoms with van der Waals surface area (Å²) in [6.07, 6.45) is 1.28. The van der Waals surface area contributed by atoms with Crippen molar-refractivity contribution in [3.63, 3.8) is 0 Å². The molecule has 1 heterocycles. The van der Waals surface area contributed by atoms with Gasteiger partial charge in [-0.3, -0.25) is 4.79 Å². The van der Waals surface area contributed by atoms with Gasteiger partial charge in [-0.05, 0) is 19.4 Å². The first-order valence-electron chi connectivity index (χ1n) is 5.03. The average molecular weight is 216 g/mol. The summed E-state index contributed by atoms with van der Waals surface area (Å²) in [6, 6.07) is -0.250. The van der Waals surface area contributed by atoms with Crippen LogP contribution in [0.3, 0.4) is 0 Å². The maximum Gasteiger partial charge on any atom is 0.334 e. The Balaban J connectivity index is 2.25. The quantitative estimate of drug-likeness (QED) is 0.467. The number of hydrogen-bond acceptors (Lipinski definition) is 4. The van der Waals surface area contributed by atoms with Crippen molar-refractivity contribution in [2.24, 2.45) is 0 Å². The van der Waals surface area contributed by atoms with Crippen LogP contribution in [-0.4, -0.2) is 47.3 Å². The van der Waals surface area contributed by atoms with E-state index in [1.54, 1.807) is 0 Å². The van der Waals surface area contributed by atoms with Gasteiger partial charge in [-0.25, -0.2) is 4.79 Å². The minimum absolute atomic E-state index is 0.241. The monoisotopic (exact) mass is 216 g/mol. The summed E-state index contributed by atoms with van der Waals surface area (Å²) in [7, 11) is 0. The Bertz CT molecular complexity index is 238. The first-order chi connectivity index (χ1) is 7.11. The fourth-order valence-electron chi connectivity index (χ4n) is 1.48. The van der Waals surface area contributed by atoms with Crippen molar-refractivity contribution in [3.05, 3.63) is 0 Å². The molecule has 15 heavy (non-hydrogen) atoms. The molecule has 1 amide bonds. The van der Waals surface area contributed by atoms with Crippen LogP contribution in [-0.2, 0) is 9.59 Å². The molecule has 0 aromatic rings. The van der Waals surface area contributed by atoms with Gasteiger partial charge in [0.2, 0.25) is 5.91 Å². The number of aliphatic carboxylic acids is 1. The van der Waals surface area contributed by atoms with E-state index in [2.05, 4.69) is 10.6 Å². The standard InChI is InChI=1S/C9H16N2O4/c12-7(9(14)15)5-11-8(13)6-3-1-2-4-10-6/h6-7,10,12H,1-5H2,(H,11,13)(H,14,15)/t6-,7-/m0/s1. The zero-order valence-corrected chi connectivity index (χ0v) is 8.40. The molecule has 1 saturated heterocycles. The van der Waals surface area contributed by atoms with E-state index >= 15 is 0 Å². The second kappa shape index (κ2) is 5.67. The third-order valence-electron chi connectivity index (χ3n) is 2.38. The first-order valence-corrected chi connectivity index (χ1v) is 5.03. The fourth-order valence-corrected chi connectivity index (χ4v) is 1.48. The number of carbonyl (C=O) groups excluding carboxylic acids is 1. The van der Waals surface area contributed by atoms with Crippen LogP contribution < -0.4 is 10.6 Å². The lowest BCUT2D eigenvalue weighted by Gasteiger charge is -2.22. The highest BCUT2D eigenvalue weighted by molar-refractivity contribution is 5.82. The van der Waals surface area contributed by atoms with Crippen LogP contribution in [0.25, 0.3) is 0 Å². The summed E-state index contributed by atoms with van der Waals surface area (Å²) in [4.78, 5) is 21.7. The molecular formula is C9H16N2O4. The zero-order chi connectivity index (χ0) is 11.3. The van der Waals surface area contributed by atoms with Crippen molar-refractivity contribution in [1.82, 2.24) is 10.6 Å². The van der Waals surface area contributed by atoms with Gasteiger partial charge in [0.1, 0.15) is 0 Å². The Labute approximate surface area is 87.7 Å². The first kappa shape index (κ1) is 11.9. The second-order valence-corrected chi connectivity index (χ2v) is 3.60. The van der Waals surface area contributed by atoms with Crippen LogP contribution in [0.4, 0.5) is 0 Å². The van der Waals surface area contributed by atoms with Crippen LogP contribution in [0.2, 0.25) is 0 Å². The molecule has 86 valence electrons. The van der Waals surface area contributed by atoms with Gasteiger partial charge in [-0.1, -0.05) is 6.42 Å². The van der Waals surface area contributed by atoms with E-state index in [1.807, 2.05) is 0 Å². The lowest BCUT2D eigenvalue weighted by molar-refractivity contribution is -0.146. The van der Waals surface area contributed by atoms with Crippen molar-refractivity contribution < 1.29 is 19.8 Å². The van der Waals surface area contributed by atoms with Gasteiger partial charge in [0.15, 0.2) is 6.10 Å². The maximum atomic E-state index is 11.4. The van der Waals surface area contributed by atoms with Crippen molar-refractivity contribution in [2.75, 3.05) is 13.1 Å². The van der Waals surface area contributed by atoms with Gasteiger partial charge in [0.05, 0.1) is 12.6 Å². The molecule has 1 aliphatic heterocycles. The van der Waals surface area contributed by atoms with Gasteiger partial charge < -0.3 is 20.8 Å². The van der Waals surface area contributed by atoms with E-state index in [1.165, 1.54) is 0 Å². The van der Waals surface area contributed by atoms with E-state index < -0.39 is 12.1 Å². The van der Waals surface area contributed by atoms with Crippen molar-refractivity contribution >= 4 is 11.9 Å². The van der Waals surface area contributed by atoms with E-state index in [-0.39, 0.29) is 18.5 Å². The van der Waals surface area contributed by atoms with Crippen LogP contribution >= 0.6 is 0 Å². The highest BCUT2D eigenvalue weighted by Gasteiger charge is 2.21. The predicted octanol–water partition coefficient (Wildman–Crippen LogP) is -1.31. The molecule has 0 aromatic heterocycles. The van der Waals surface area contributed by atoms with Crippen LogP contribution in [0.5, 0.6) is 0 Å². The zero-order valence-electron chi connectivity index (χ0n) is 8.40. The van der Waals surface area contributed by atoms with Crippen molar-refractivity contribution in [1.29, 1.82) is 0 Å². The third kappa shape index (κ3) is 3.85. The molecule has 0 aliphatic carbocycles. The molecule has 4 N–H and O–H groups in total.